The highest BCUT2D eigenvalue weighted by Gasteiger charge is 2.44. The molecule has 0 saturated carbocycles. The molecule has 4 nitrogen and oxygen atoms in total. The molecule has 160 valence electrons. The number of para-hydroxylation sites is 1. The summed E-state index contributed by atoms with van der Waals surface area (Å²) in [6.07, 6.45) is 2.91. The number of hydrogen-bond donors (Lipinski definition) is 0. The number of aliphatic imine (C=N–C) groups is 1. The molecule has 0 spiro atoms. The number of rotatable bonds is 4. The van der Waals surface area contributed by atoms with Crippen molar-refractivity contribution in [2.75, 3.05) is 6.54 Å². The Labute approximate surface area is 189 Å². The Balaban J connectivity index is 1.66. The van der Waals surface area contributed by atoms with E-state index in [9.17, 15) is 0 Å². The molecule has 2 aliphatic heterocycles. The molecule has 0 radical (unpaired) electrons. The van der Waals surface area contributed by atoms with Gasteiger partial charge in [-0.05, 0) is 62.1 Å². The predicted molar refractivity (Wildman–Crippen MR) is 130 cm³/mol. The molecular formula is C26H30N4S. The highest BCUT2D eigenvalue weighted by atomic mass is 32.2. The molecule has 3 atom stereocenters. The molecule has 1 saturated heterocycles. The summed E-state index contributed by atoms with van der Waals surface area (Å²) in [5.41, 5.74) is 9.07. The third-order valence-corrected chi connectivity index (χ3v) is 7.70. The van der Waals surface area contributed by atoms with Crippen molar-refractivity contribution in [3.63, 3.8) is 0 Å². The second-order valence-electron chi connectivity index (χ2n) is 8.73. The van der Waals surface area contributed by atoms with Crippen LogP contribution in [0, 0.1) is 20.8 Å². The standard InChI is InChI=1S/C26H30N4S/c1-6-20-11-9-10-16(2)24(20)30-17(3)14-21(19(30)5)25-23(22-12-7-8-13-27-22)28-26-29(25)15-18(4)31-26/h7-14,18,23,25H,6,15H2,1-5H3. The first kappa shape index (κ1) is 20.4. The Morgan fingerprint density at radius 1 is 1.10 bits per heavy atom. The number of amidine groups is 1. The van der Waals surface area contributed by atoms with Crippen LogP contribution in [0.3, 0.4) is 0 Å². The minimum Gasteiger partial charge on any atom is -0.341 e. The van der Waals surface area contributed by atoms with Gasteiger partial charge in [0.2, 0.25) is 0 Å². The fourth-order valence-electron chi connectivity index (χ4n) is 5.21. The van der Waals surface area contributed by atoms with E-state index in [1.54, 1.807) is 0 Å². The van der Waals surface area contributed by atoms with E-state index in [0.29, 0.717) is 5.25 Å². The van der Waals surface area contributed by atoms with Gasteiger partial charge in [0, 0.05) is 29.4 Å². The minimum absolute atomic E-state index is 0.0349. The first-order valence-corrected chi connectivity index (χ1v) is 12.1. The average Bonchev–Trinajstić information content (AvgIpc) is 3.38. The molecule has 5 rings (SSSR count). The number of benzene rings is 1. The number of thioether (sulfide) groups is 1. The summed E-state index contributed by atoms with van der Waals surface area (Å²) in [5.74, 6) is 0. The number of hydrogen-bond acceptors (Lipinski definition) is 4. The molecule has 2 aromatic heterocycles. The Hall–Kier alpha value is -2.53. The van der Waals surface area contributed by atoms with Crippen LogP contribution in [0.5, 0.6) is 0 Å². The van der Waals surface area contributed by atoms with Gasteiger partial charge in [-0.15, -0.1) is 0 Å². The summed E-state index contributed by atoms with van der Waals surface area (Å²) in [6, 6.07) is 15.4. The van der Waals surface area contributed by atoms with E-state index in [1.807, 2.05) is 24.0 Å². The van der Waals surface area contributed by atoms with Gasteiger partial charge < -0.3 is 9.47 Å². The SMILES string of the molecule is CCc1cccc(C)c1-n1c(C)cc(C2C(c3ccccn3)N=C3SC(C)CN32)c1C. The summed E-state index contributed by atoms with van der Waals surface area (Å²) in [6.45, 7) is 12.3. The van der Waals surface area contributed by atoms with Crippen LogP contribution in [-0.2, 0) is 6.42 Å². The highest BCUT2D eigenvalue weighted by Crippen LogP contribution is 2.49. The van der Waals surface area contributed by atoms with Gasteiger partial charge in [0.25, 0.3) is 0 Å². The molecule has 1 fully saturated rings. The topological polar surface area (TPSA) is 33.4 Å². The number of aromatic nitrogens is 2. The van der Waals surface area contributed by atoms with E-state index in [2.05, 4.69) is 80.5 Å². The fourth-order valence-corrected chi connectivity index (χ4v) is 6.30. The largest absolute Gasteiger partial charge is 0.341 e. The van der Waals surface area contributed by atoms with Crippen LogP contribution < -0.4 is 0 Å². The number of fused-ring (bicyclic) bond motifs is 1. The molecule has 3 aromatic rings. The maximum absolute atomic E-state index is 5.17. The van der Waals surface area contributed by atoms with E-state index in [1.165, 1.54) is 38.9 Å². The number of pyridine rings is 1. The van der Waals surface area contributed by atoms with Gasteiger partial charge in [0.1, 0.15) is 6.04 Å². The summed E-state index contributed by atoms with van der Waals surface area (Å²) < 4.78 is 2.46. The highest BCUT2D eigenvalue weighted by molar-refractivity contribution is 8.14. The molecule has 0 N–H and O–H groups in total. The van der Waals surface area contributed by atoms with Gasteiger partial charge >= 0.3 is 0 Å². The number of aryl methyl sites for hydroxylation is 3. The summed E-state index contributed by atoms with van der Waals surface area (Å²) in [5, 5.41) is 1.74. The van der Waals surface area contributed by atoms with Gasteiger partial charge in [0.15, 0.2) is 5.17 Å². The lowest BCUT2D eigenvalue weighted by molar-refractivity contribution is 0.320. The van der Waals surface area contributed by atoms with Gasteiger partial charge in [-0.1, -0.05) is 49.9 Å². The van der Waals surface area contributed by atoms with E-state index >= 15 is 0 Å². The molecule has 2 aliphatic rings. The second kappa shape index (κ2) is 7.86. The summed E-state index contributed by atoms with van der Waals surface area (Å²) >= 11 is 1.90. The molecule has 0 amide bonds. The lowest BCUT2D eigenvalue weighted by Crippen LogP contribution is -2.29. The maximum atomic E-state index is 5.17. The van der Waals surface area contributed by atoms with Gasteiger partial charge in [-0.3, -0.25) is 9.98 Å². The van der Waals surface area contributed by atoms with E-state index < -0.39 is 0 Å². The first-order chi connectivity index (χ1) is 15.0. The van der Waals surface area contributed by atoms with Crippen molar-refractivity contribution in [3.05, 3.63) is 82.4 Å². The smallest absolute Gasteiger partial charge is 0.160 e. The molecule has 0 aliphatic carbocycles. The summed E-state index contributed by atoms with van der Waals surface area (Å²) in [4.78, 5) is 12.4. The van der Waals surface area contributed by atoms with E-state index in [-0.39, 0.29) is 12.1 Å². The Bertz CT molecular complexity index is 1150. The van der Waals surface area contributed by atoms with Crippen molar-refractivity contribution in [1.82, 2.24) is 14.5 Å². The lowest BCUT2D eigenvalue weighted by atomic mass is 9.96. The zero-order valence-corrected chi connectivity index (χ0v) is 19.8. The van der Waals surface area contributed by atoms with Crippen LogP contribution in [-0.4, -0.2) is 31.4 Å². The molecule has 31 heavy (non-hydrogen) atoms. The monoisotopic (exact) mass is 430 g/mol. The second-order valence-corrected chi connectivity index (χ2v) is 10.1. The first-order valence-electron chi connectivity index (χ1n) is 11.2. The van der Waals surface area contributed by atoms with Crippen LogP contribution in [0.4, 0.5) is 0 Å². The third-order valence-electron chi connectivity index (χ3n) is 6.60. The van der Waals surface area contributed by atoms with Crippen LogP contribution in [0.15, 0.2) is 53.7 Å². The Kier molecular flexibility index (Phi) is 5.17. The molecule has 3 unspecified atom stereocenters. The van der Waals surface area contributed by atoms with E-state index in [4.69, 9.17) is 9.98 Å². The molecular weight excluding hydrogens is 400 g/mol. The fraction of sp³-hybridized carbons (Fsp3) is 0.385. The lowest BCUT2D eigenvalue weighted by Gasteiger charge is -2.27. The van der Waals surface area contributed by atoms with Crippen molar-refractivity contribution in [2.45, 2.75) is 58.4 Å². The van der Waals surface area contributed by atoms with Crippen molar-refractivity contribution >= 4 is 16.9 Å². The Morgan fingerprint density at radius 3 is 2.68 bits per heavy atom. The van der Waals surface area contributed by atoms with Crippen molar-refractivity contribution in [3.8, 4) is 5.69 Å². The Morgan fingerprint density at radius 2 is 1.94 bits per heavy atom. The van der Waals surface area contributed by atoms with Crippen LogP contribution in [0.1, 0.15) is 59.7 Å². The minimum atomic E-state index is 0.0349. The molecule has 0 bridgehead atoms. The van der Waals surface area contributed by atoms with Gasteiger partial charge in [-0.2, -0.15) is 0 Å². The van der Waals surface area contributed by atoms with Crippen molar-refractivity contribution in [2.24, 2.45) is 4.99 Å². The zero-order chi connectivity index (χ0) is 21.7. The van der Waals surface area contributed by atoms with Gasteiger partial charge in [0.05, 0.1) is 17.4 Å². The normalized spacial score (nSPS) is 22.7. The zero-order valence-electron chi connectivity index (χ0n) is 19.0. The van der Waals surface area contributed by atoms with Crippen molar-refractivity contribution in [1.29, 1.82) is 0 Å². The summed E-state index contributed by atoms with van der Waals surface area (Å²) in [7, 11) is 0. The van der Waals surface area contributed by atoms with Crippen LogP contribution >= 0.6 is 11.8 Å². The molecule has 1 aromatic carbocycles. The van der Waals surface area contributed by atoms with Gasteiger partial charge in [-0.25, -0.2) is 0 Å². The van der Waals surface area contributed by atoms with Crippen LogP contribution in [0.25, 0.3) is 5.69 Å². The van der Waals surface area contributed by atoms with Crippen LogP contribution in [0.2, 0.25) is 0 Å². The quantitative estimate of drug-likeness (QED) is 0.513. The third kappa shape index (κ3) is 3.30. The number of nitrogens with zero attached hydrogens (tertiary/aromatic N) is 4. The van der Waals surface area contributed by atoms with Crippen molar-refractivity contribution < 1.29 is 0 Å². The molecule has 4 heterocycles. The van der Waals surface area contributed by atoms with E-state index in [0.717, 1.165) is 18.7 Å². The molecule has 5 heteroatoms. The average molecular weight is 431 g/mol. The maximum Gasteiger partial charge on any atom is 0.160 e. The predicted octanol–water partition coefficient (Wildman–Crippen LogP) is 5.95.